The highest BCUT2D eigenvalue weighted by molar-refractivity contribution is 5.74. The van der Waals surface area contributed by atoms with Crippen LogP contribution in [0, 0.1) is 13.8 Å². The quantitative estimate of drug-likeness (QED) is 0.649. The maximum absolute atomic E-state index is 12.7. The van der Waals surface area contributed by atoms with Gasteiger partial charge < -0.3 is 19.3 Å². The molecule has 3 aromatic rings. The Morgan fingerprint density at radius 1 is 1.14 bits per heavy atom. The number of nitrogens with zero attached hydrogens (tertiary/aromatic N) is 5. The molecule has 0 radical (unpaired) electrons. The van der Waals surface area contributed by atoms with E-state index in [0.717, 1.165) is 10.1 Å². The fraction of sp³-hybridized carbons (Fsp3) is 0.450. The Morgan fingerprint density at radius 3 is 2.45 bits per heavy atom. The number of hydrogen-bond donors (Lipinski definition) is 1. The van der Waals surface area contributed by atoms with E-state index in [9.17, 15) is 14.7 Å². The Kier molecular flexibility index (Phi) is 5.52. The van der Waals surface area contributed by atoms with Crippen LogP contribution < -0.4 is 20.9 Å². The summed E-state index contributed by atoms with van der Waals surface area (Å²) in [5.74, 6) is 1.15. The van der Waals surface area contributed by atoms with Crippen molar-refractivity contribution in [2.24, 2.45) is 14.1 Å². The van der Waals surface area contributed by atoms with E-state index < -0.39 is 17.4 Å². The van der Waals surface area contributed by atoms with E-state index in [4.69, 9.17) is 4.74 Å². The second-order valence-electron chi connectivity index (χ2n) is 7.51. The molecule has 0 bridgehead atoms. The van der Waals surface area contributed by atoms with Crippen molar-refractivity contribution in [2.45, 2.75) is 26.5 Å². The number of anilines is 1. The molecule has 0 amide bonds. The van der Waals surface area contributed by atoms with E-state index in [1.807, 2.05) is 32.0 Å². The van der Waals surface area contributed by atoms with Gasteiger partial charge in [0.2, 0.25) is 5.95 Å². The number of hydrogen-bond acceptors (Lipinski definition) is 6. The van der Waals surface area contributed by atoms with Gasteiger partial charge in [0.1, 0.15) is 18.5 Å². The fourth-order valence-electron chi connectivity index (χ4n) is 3.21. The predicted molar refractivity (Wildman–Crippen MR) is 112 cm³/mol. The molecular formula is C20H27N5O4. The van der Waals surface area contributed by atoms with Gasteiger partial charge in [-0.05, 0) is 37.1 Å². The first-order valence-corrected chi connectivity index (χ1v) is 9.33. The van der Waals surface area contributed by atoms with Crippen LogP contribution in [-0.4, -0.2) is 50.6 Å². The summed E-state index contributed by atoms with van der Waals surface area (Å²) in [6.07, 6.45) is -0.880. The molecule has 1 aromatic carbocycles. The van der Waals surface area contributed by atoms with E-state index in [2.05, 4.69) is 4.98 Å². The molecule has 1 unspecified atom stereocenters. The first-order chi connectivity index (χ1) is 13.6. The van der Waals surface area contributed by atoms with Gasteiger partial charge in [0, 0.05) is 28.2 Å². The molecule has 9 heteroatoms. The molecule has 0 spiro atoms. The Balaban J connectivity index is 1.94. The summed E-state index contributed by atoms with van der Waals surface area (Å²) in [4.78, 5) is 31.2. The highest BCUT2D eigenvalue weighted by atomic mass is 16.5. The smallest absolute Gasteiger partial charge is 0.332 e. The first-order valence-electron chi connectivity index (χ1n) is 9.33. The lowest BCUT2D eigenvalue weighted by Gasteiger charge is -2.18. The van der Waals surface area contributed by atoms with Crippen LogP contribution in [0.3, 0.4) is 0 Å². The van der Waals surface area contributed by atoms with Gasteiger partial charge in [-0.15, -0.1) is 0 Å². The summed E-state index contributed by atoms with van der Waals surface area (Å²) in [5, 5.41) is 10.6. The summed E-state index contributed by atoms with van der Waals surface area (Å²) in [6.45, 7) is 4.18. The second-order valence-corrected chi connectivity index (χ2v) is 7.51. The largest absolute Gasteiger partial charge is 0.491 e. The van der Waals surface area contributed by atoms with Crippen molar-refractivity contribution < 1.29 is 9.84 Å². The van der Waals surface area contributed by atoms with Gasteiger partial charge in [0.05, 0.1) is 6.54 Å². The van der Waals surface area contributed by atoms with Crippen LogP contribution in [0.1, 0.15) is 11.1 Å². The van der Waals surface area contributed by atoms with E-state index in [-0.39, 0.29) is 24.3 Å². The van der Waals surface area contributed by atoms with Gasteiger partial charge in [-0.3, -0.25) is 13.9 Å². The average Bonchev–Trinajstić information content (AvgIpc) is 3.05. The fourth-order valence-corrected chi connectivity index (χ4v) is 3.21. The Labute approximate surface area is 168 Å². The summed E-state index contributed by atoms with van der Waals surface area (Å²) >= 11 is 0. The summed E-state index contributed by atoms with van der Waals surface area (Å²) in [6, 6.07) is 5.75. The van der Waals surface area contributed by atoms with Crippen LogP contribution in [-0.2, 0) is 20.6 Å². The number of ether oxygens (including phenoxy) is 1. The molecule has 1 N–H and O–H groups in total. The summed E-state index contributed by atoms with van der Waals surface area (Å²) in [7, 11) is 6.58. The molecule has 0 saturated heterocycles. The number of aliphatic hydroxyl groups is 1. The number of fused-ring (bicyclic) bond motifs is 1. The zero-order valence-electron chi connectivity index (χ0n) is 17.6. The third-order valence-corrected chi connectivity index (χ3v) is 5.04. The van der Waals surface area contributed by atoms with Crippen LogP contribution in [0.4, 0.5) is 5.95 Å². The van der Waals surface area contributed by atoms with E-state index in [1.54, 1.807) is 30.6 Å². The Hall–Kier alpha value is -3.07. The lowest BCUT2D eigenvalue weighted by molar-refractivity contribution is 0.0936. The summed E-state index contributed by atoms with van der Waals surface area (Å²) < 4.78 is 9.73. The third-order valence-electron chi connectivity index (χ3n) is 5.04. The number of aliphatic hydroxyl groups excluding tert-OH is 1. The van der Waals surface area contributed by atoms with E-state index in [0.29, 0.717) is 11.7 Å². The molecule has 1 atom stereocenters. The molecule has 156 valence electrons. The highest BCUT2D eigenvalue weighted by Gasteiger charge is 2.22. The van der Waals surface area contributed by atoms with Crippen LogP contribution in [0.5, 0.6) is 5.75 Å². The van der Waals surface area contributed by atoms with Crippen molar-refractivity contribution >= 4 is 17.1 Å². The van der Waals surface area contributed by atoms with Crippen molar-refractivity contribution in [3.8, 4) is 5.75 Å². The van der Waals surface area contributed by atoms with E-state index in [1.165, 1.54) is 17.2 Å². The number of imidazole rings is 1. The average molecular weight is 401 g/mol. The topological polar surface area (TPSA) is 94.5 Å². The lowest BCUT2D eigenvalue weighted by Crippen LogP contribution is -2.38. The number of aryl methyl sites for hydroxylation is 3. The minimum Gasteiger partial charge on any atom is -0.491 e. The maximum atomic E-state index is 12.7. The van der Waals surface area contributed by atoms with Crippen molar-refractivity contribution in [2.75, 3.05) is 25.6 Å². The zero-order chi connectivity index (χ0) is 21.5. The van der Waals surface area contributed by atoms with Gasteiger partial charge in [0.25, 0.3) is 5.56 Å². The monoisotopic (exact) mass is 401 g/mol. The molecule has 9 nitrogen and oxygen atoms in total. The predicted octanol–water partition coefficient (Wildman–Crippen LogP) is 0.556. The molecule has 0 aliphatic heterocycles. The van der Waals surface area contributed by atoms with Gasteiger partial charge in [-0.25, -0.2) is 4.79 Å². The van der Waals surface area contributed by atoms with Crippen molar-refractivity contribution in [3.63, 3.8) is 0 Å². The van der Waals surface area contributed by atoms with Crippen LogP contribution in [0.2, 0.25) is 0 Å². The molecule has 0 saturated carbocycles. The molecule has 0 aliphatic carbocycles. The van der Waals surface area contributed by atoms with E-state index >= 15 is 0 Å². The minimum atomic E-state index is -0.880. The number of benzene rings is 1. The molecular weight excluding hydrogens is 374 g/mol. The van der Waals surface area contributed by atoms with Gasteiger partial charge in [-0.1, -0.05) is 6.07 Å². The lowest BCUT2D eigenvalue weighted by atomic mass is 10.1. The standard InChI is InChI=1S/C20H27N5O4/c1-12-7-8-15(9-13(12)2)29-11-14(26)10-25-16-17(21-19(25)22(3)4)23(5)20(28)24(6)18(16)27/h7-9,14,26H,10-11H2,1-6H3. The van der Waals surface area contributed by atoms with Crippen molar-refractivity contribution in [1.29, 1.82) is 0 Å². The molecule has 29 heavy (non-hydrogen) atoms. The normalized spacial score (nSPS) is 12.4. The van der Waals surface area contributed by atoms with Crippen molar-refractivity contribution in [3.05, 3.63) is 50.2 Å². The van der Waals surface area contributed by atoms with Crippen LogP contribution >= 0.6 is 0 Å². The van der Waals surface area contributed by atoms with Gasteiger partial charge >= 0.3 is 5.69 Å². The van der Waals surface area contributed by atoms with Gasteiger partial charge in [-0.2, -0.15) is 4.98 Å². The molecule has 0 fully saturated rings. The zero-order valence-corrected chi connectivity index (χ0v) is 17.6. The maximum Gasteiger partial charge on any atom is 0.332 e. The highest BCUT2D eigenvalue weighted by Crippen LogP contribution is 2.20. The van der Waals surface area contributed by atoms with Gasteiger partial charge in [0.15, 0.2) is 11.2 Å². The molecule has 2 aromatic heterocycles. The second kappa shape index (κ2) is 7.75. The van der Waals surface area contributed by atoms with Crippen molar-refractivity contribution in [1.82, 2.24) is 18.7 Å². The minimum absolute atomic E-state index is 0.0567. The molecule has 3 rings (SSSR count). The summed E-state index contributed by atoms with van der Waals surface area (Å²) in [5.41, 5.74) is 1.92. The SMILES string of the molecule is Cc1ccc(OCC(O)Cn2c(N(C)C)nc3c2c(=O)n(C)c(=O)n3C)cc1C. The van der Waals surface area contributed by atoms with Crippen LogP contribution in [0.15, 0.2) is 27.8 Å². The molecule has 2 heterocycles. The first kappa shape index (κ1) is 20.7. The Morgan fingerprint density at radius 2 is 1.83 bits per heavy atom. The number of aromatic nitrogens is 4. The van der Waals surface area contributed by atoms with Crippen LogP contribution in [0.25, 0.3) is 11.2 Å². The Bertz CT molecular complexity index is 1170. The molecule has 0 aliphatic rings. The number of rotatable bonds is 6. The third kappa shape index (κ3) is 3.77.